The Morgan fingerprint density at radius 2 is 1.57 bits per heavy atom. The van der Waals surface area contributed by atoms with Crippen molar-refractivity contribution >= 4 is 11.8 Å². The highest BCUT2D eigenvalue weighted by atomic mass is 32.2. The van der Waals surface area contributed by atoms with E-state index < -0.39 is 0 Å². The van der Waals surface area contributed by atoms with Gasteiger partial charge in [0.1, 0.15) is 0 Å². The smallest absolute Gasteiger partial charge is 0.0802 e. The van der Waals surface area contributed by atoms with Crippen molar-refractivity contribution in [3.63, 3.8) is 0 Å². The Labute approximate surface area is 134 Å². The Bertz CT molecular complexity index is 360. The molecule has 1 aromatic carbocycles. The van der Waals surface area contributed by atoms with E-state index in [-0.39, 0.29) is 6.10 Å². The topological polar surface area (TPSA) is 23.5 Å². The predicted molar refractivity (Wildman–Crippen MR) is 94.1 cm³/mol. The first kappa shape index (κ1) is 18.5. The number of benzene rings is 1. The minimum absolute atomic E-state index is 0.341. The van der Waals surface area contributed by atoms with Gasteiger partial charge in [0.05, 0.1) is 6.10 Å². The SMILES string of the molecule is CCCSc1ccc(C(O)CCN(CCC)CCC)cc1. The van der Waals surface area contributed by atoms with Crippen LogP contribution in [0.5, 0.6) is 0 Å². The first-order valence-electron chi connectivity index (χ1n) is 8.34. The lowest BCUT2D eigenvalue weighted by molar-refractivity contribution is 0.141. The molecule has 0 heterocycles. The van der Waals surface area contributed by atoms with Gasteiger partial charge in [0.25, 0.3) is 0 Å². The van der Waals surface area contributed by atoms with E-state index in [1.54, 1.807) is 0 Å². The van der Waals surface area contributed by atoms with Crippen LogP contribution in [0.3, 0.4) is 0 Å². The Balaban J connectivity index is 2.44. The monoisotopic (exact) mass is 309 g/mol. The number of aliphatic hydroxyl groups is 1. The maximum atomic E-state index is 10.3. The number of nitrogens with zero attached hydrogens (tertiary/aromatic N) is 1. The highest BCUT2D eigenvalue weighted by Gasteiger charge is 2.10. The van der Waals surface area contributed by atoms with Gasteiger partial charge in [-0.05, 0) is 62.2 Å². The molecule has 0 spiro atoms. The second-order valence-corrected chi connectivity index (χ2v) is 6.73. The fourth-order valence-corrected chi connectivity index (χ4v) is 3.21. The van der Waals surface area contributed by atoms with Gasteiger partial charge in [-0.3, -0.25) is 0 Å². The second-order valence-electron chi connectivity index (χ2n) is 5.56. The zero-order chi connectivity index (χ0) is 15.5. The van der Waals surface area contributed by atoms with Crippen LogP contribution in [0.2, 0.25) is 0 Å². The fourth-order valence-electron chi connectivity index (χ4n) is 2.45. The van der Waals surface area contributed by atoms with E-state index >= 15 is 0 Å². The van der Waals surface area contributed by atoms with Crippen LogP contribution in [-0.2, 0) is 0 Å². The Kier molecular flexibility index (Phi) is 9.81. The minimum Gasteiger partial charge on any atom is -0.388 e. The van der Waals surface area contributed by atoms with Crippen LogP contribution >= 0.6 is 11.8 Å². The Morgan fingerprint density at radius 1 is 0.952 bits per heavy atom. The molecule has 0 saturated heterocycles. The summed E-state index contributed by atoms with van der Waals surface area (Å²) >= 11 is 1.88. The standard InChI is InChI=1S/C18H31NOS/c1-4-12-19(13-5-2)14-11-18(20)16-7-9-17(10-8-16)21-15-6-3/h7-10,18,20H,4-6,11-15H2,1-3H3. The van der Waals surface area contributed by atoms with E-state index in [4.69, 9.17) is 0 Å². The van der Waals surface area contributed by atoms with Gasteiger partial charge in [-0.2, -0.15) is 0 Å². The third-order valence-electron chi connectivity index (χ3n) is 3.54. The summed E-state index contributed by atoms with van der Waals surface area (Å²) in [5.41, 5.74) is 1.05. The molecular formula is C18H31NOS. The number of hydrogen-bond acceptors (Lipinski definition) is 3. The van der Waals surface area contributed by atoms with Crippen LogP contribution in [0.4, 0.5) is 0 Å². The van der Waals surface area contributed by atoms with E-state index in [9.17, 15) is 5.11 Å². The summed E-state index contributed by atoms with van der Waals surface area (Å²) in [6, 6.07) is 8.42. The van der Waals surface area contributed by atoms with Crippen molar-refractivity contribution in [3.05, 3.63) is 29.8 Å². The van der Waals surface area contributed by atoms with Crippen molar-refractivity contribution in [2.45, 2.75) is 57.5 Å². The first-order chi connectivity index (χ1) is 10.2. The summed E-state index contributed by atoms with van der Waals surface area (Å²) in [7, 11) is 0. The van der Waals surface area contributed by atoms with Gasteiger partial charge in [-0.15, -0.1) is 11.8 Å². The number of thioether (sulfide) groups is 1. The van der Waals surface area contributed by atoms with Gasteiger partial charge in [0.15, 0.2) is 0 Å². The minimum atomic E-state index is -0.341. The van der Waals surface area contributed by atoms with Crippen LogP contribution in [0.15, 0.2) is 29.2 Å². The molecule has 1 N–H and O–H groups in total. The van der Waals surface area contributed by atoms with Crippen molar-refractivity contribution in [3.8, 4) is 0 Å². The maximum absolute atomic E-state index is 10.3. The molecule has 0 radical (unpaired) electrons. The lowest BCUT2D eigenvalue weighted by Crippen LogP contribution is -2.27. The molecule has 1 aromatic rings. The molecule has 0 aliphatic rings. The molecule has 21 heavy (non-hydrogen) atoms. The summed E-state index contributed by atoms with van der Waals surface area (Å²) < 4.78 is 0. The van der Waals surface area contributed by atoms with Gasteiger partial charge in [-0.1, -0.05) is 32.9 Å². The van der Waals surface area contributed by atoms with Gasteiger partial charge in [-0.25, -0.2) is 0 Å². The average molecular weight is 310 g/mol. The van der Waals surface area contributed by atoms with Crippen LogP contribution in [-0.4, -0.2) is 35.4 Å². The lowest BCUT2D eigenvalue weighted by Gasteiger charge is -2.22. The van der Waals surface area contributed by atoms with E-state index in [2.05, 4.69) is 49.9 Å². The van der Waals surface area contributed by atoms with Gasteiger partial charge in [0, 0.05) is 11.4 Å². The molecule has 1 unspecified atom stereocenters. The van der Waals surface area contributed by atoms with Crippen molar-refractivity contribution in [1.82, 2.24) is 4.90 Å². The largest absolute Gasteiger partial charge is 0.388 e. The van der Waals surface area contributed by atoms with Crippen LogP contribution in [0, 0.1) is 0 Å². The molecule has 0 amide bonds. The molecule has 0 aliphatic heterocycles. The molecule has 1 rings (SSSR count). The van der Waals surface area contributed by atoms with Crippen LogP contribution in [0.1, 0.15) is 58.1 Å². The summed E-state index contributed by atoms with van der Waals surface area (Å²) in [5, 5.41) is 10.3. The van der Waals surface area contributed by atoms with Gasteiger partial charge < -0.3 is 10.0 Å². The van der Waals surface area contributed by atoms with E-state index in [1.807, 2.05) is 11.8 Å². The quantitative estimate of drug-likeness (QED) is 0.598. The maximum Gasteiger partial charge on any atom is 0.0802 e. The summed E-state index contributed by atoms with van der Waals surface area (Å²) in [5.74, 6) is 1.16. The molecular weight excluding hydrogens is 278 g/mol. The molecule has 0 fully saturated rings. The molecule has 0 aromatic heterocycles. The fraction of sp³-hybridized carbons (Fsp3) is 0.667. The molecule has 120 valence electrons. The van der Waals surface area contributed by atoms with Gasteiger partial charge >= 0.3 is 0 Å². The predicted octanol–water partition coefficient (Wildman–Crippen LogP) is 4.73. The van der Waals surface area contributed by atoms with Crippen molar-refractivity contribution in [2.75, 3.05) is 25.4 Å². The summed E-state index contributed by atoms with van der Waals surface area (Å²) in [4.78, 5) is 3.75. The zero-order valence-electron chi connectivity index (χ0n) is 13.8. The molecule has 3 heteroatoms. The molecule has 0 aliphatic carbocycles. The van der Waals surface area contributed by atoms with Crippen molar-refractivity contribution in [1.29, 1.82) is 0 Å². The zero-order valence-corrected chi connectivity index (χ0v) is 14.7. The lowest BCUT2D eigenvalue weighted by atomic mass is 10.1. The highest BCUT2D eigenvalue weighted by molar-refractivity contribution is 7.99. The third-order valence-corrected chi connectivity index (χ3v) is 4.75. The Morgan fingerprint density at radius 3 is 2.10 bits per heavy atom. The number of hydrogen-bond donors (Lipinski definition) is 1. The van der Waals surface area contributed by atoms with E-state index in [1.165, 1.54) is 24.2 Å². The van der Waals surface area contributed by atoms with E-state index in [0.29, 0.717) is 0 Å². The average Bonchev–Trinajstić information content (AvgIpc) is 2.51. The molecule has 2 nitrogen and oxygen atoms in total. The van der Waals surface area contributed by atoms with Crippen LogP contribution < -0.4 is 0 Å². The molecule has 1 atom stereocenters. The highest BCUT2D eigenvalue weighted by Crippen LogP contribution is 2.23. The normalized spacial score (nSPS) is 12.8. The van der Waals surface area contributed by atoms with Crippen LogP contribution in [0.25, 0.3) is 0 Å². The second kappa shape index (κ2) is 11.1. The molecule has 0 saturated carbocycles. The third kappa shape index (κ3) is 7.35. The molecule has 0 bridgehead atoms. The van der Waals surface area contributed by atoms with Crippen molar-refractivity contribution < 1.29 is 5.11 Å². The van der Waals surface area contributed by atoms with Gasteiger partial charge in [0.2, 0.25) is 0 Å². The Hall–Kier alpha value is -0.510. The number of aliphatic hydroxyl groups excluding tert-OH is 1. The number of rotatable bonds is 11. The van der Waals surface area contributed by atoms with E-state index in [0.717, 1.165) is 37.4 Å². The van der Waals surface area contributed by atoms with Crippen molar-refractivity contribution in [2.24, 2.45) is 0 Å². The summed E-state index contributed by atoms with van der Waals surface area (Å²) in [6.07, 6.45) is 4.03. The first-order valence-corrected chi connectivity index (χ1v) is 9.32. The summed E-state index contributed by atoms with van der Waals surface area (Å²) in [6.45, 7) is 9.87.